The van der Waals surface area contributed by atoms with Crippen molar-refractivity contribution >= 4 is 26.8 Å². The Bertz CT molecular complexity index is 476. The number of unbranched alkanes of at least 4 members (excludes halogenated alkanes) is 1. The maximum absolute atomic E-state index is 3.62. The molecule has 0 spiro atoms. The lowest BCUT2D eigenvalue weighted by atomic mass is 10.2. The zero-order valence-corrected chi connectivity index (χ0v) is 11.8. The van der Waals surface area contributed by atoms with E-state index in [0.29, 0.717) is 0 Å². The lowest BCUT2D eigenvalue weighted by molar-refractivity contribution is 0.586. The first-order valence-electron chi connectivity index (χ1n) is 6.27. The van der Waals surface area contributed by atoms with E-state index in [4.69, 9.17) is 0 Å². The molecule has 0 unspecified atom stereocenters. The molecule has 1 N–H and O–H groups in total. The van der Waals surface area contributed by atoms with Gasteiger partial charge in [0.05, 0.1) is 0 Å². The summed E-state index contributed by atoms with van der Waals surface area (Å²) in [4.78, 5) is 0. The maximum atomic E-state index is 3.62. The third-order valence-corrected chi connectivity index (χ3v) is 3.62. The van der Waals surface area contributed by atoms with Crippen molar-refractivity contribution in [2.75, 3.05) is 13.1 Å². The Labute approximate surface area is 111 Å². The van der Waals surface area contributed by atoms with Crippen LogP contribution in [0, 0.1) is 0 Å². The molecule has 0 aliphatic rings. The SMILES string of the molecule is CCNCCCCn1cc(Br)c2ccccc21. The first-order valence-corrected chi connectivity index (χ1v) is 7.06. The highest BCUT2D eigenvalue weighted by atomic mass is 79.9. The molecule has 0 fully saturated rings. The topological polar surface area (TPSA) is 17.0 Å². The van der Waals surface area contributed by atoms with Crippen LogP contribution >= 0.6 is 15.9 Å². The molecule has 0 aliphatic heterocycles. The van der Waals surface area contributed by atoms with Crippen molar-refractivity contribution in [1.29, 1.82) is 0 Å². The van der Waals surface area contributed by atoms with Crippen LogP contribution in [0.2, 0.25) is 0 Å². The number of aryl methyl sites for hydroxylation is 1. The number of rotatable bonds is 6. The third kappa shape index (κ3) is 3.11. The number of aromatic nitrogens is 1. The molecule has 0 saturated carbocycles. The van der Waals surface area contributed by atoms with Crippen LogP contribution in [0.5, 0.6) is 0 Å². The van der Waals surface area contributed by atoms with Crippen LogP contribution in [0.1, 0.15) is 19.8 Å². The molecule has 2 aromatic rings. The van der Waals surface area contributed by atoms with Crippen molar-refractivity contribution in [2.24, 2.45) is 0 Å². The predicted octanol–water partition coefficient (Wildman–Crippen LogP) is 3.79. The maximum Gasteiger partial charge on any atom is 0.0492 e. The number of para-hydroxylation sites is 1. The predicted molar refractivity (Wildman–Crippen MR) is 77.4 cm³/mol. The van der Waals surface area contributed by atoms with E-state index in [1.807, 2.05) is 0 Å². The van der Waals surface area contributed by atoms with E-state index in [9.17, 15) is 0 Å². The Balaban J connectivity index is 1.99. The Morgan fingerprint density at radius 3 is 2.88 bits per heavy atom. The Morgan fingerprint density at radius 1 is 1.24 bits per heavy atom. The van der Waals surface area contributed by atoms with Crippen molar-refractivity contribution in [3.8, 4) is 0 Å². The average Bonchev–Trinajstić information content (AvgIpc) is 2.67. The van der Waals surface area contributed by atoms with Gasteiger partial charge in [0.2, 0.25) is 0 Å². The van der Waals surface area contributed by atoms with Gasteiger partial charge in [-0.05, 0) is 47.9 Å². The fourth-order valence-corrected chi connectivity index (χ4v) is 2.68. The van der Waals surface area contributed by atoms with Gasteiger partial charge in [-0.1, -0.05) is 25.1 Å². The molecule has 0 radical (unpaired) electrons. The molecule has 2 nitrogen and oxygen atoms in total. The molecule has 3 heteroatoms. The number of fused-ring (bicyclic) bond motifs is 1. The second kappa shape index (κ2) is 6.22. The summed E-state index contributed by atoms with van der Waals surface area (Å²) in [6.07, 6.45) is 4.65. The van der Waals surface area contributed by atoms with Gasteiger partial charge < -0.3 is 9.88 Å². The van der Waals surface area contributed by atoms with Gasteiger partial charge in [0.15, 0.2) is 0 Å². The normalized spacial score (nSPS) is 11.2. The van der Waals surface area contributed by atoms with Crippen LogP contribution in [0.25, 0.3) is 10.9 Å². The number of hydrogen-bond donors (Lipinski definition) is 1. The number of halogens is 1. The Hall–Kier alpha value is -0.800. The molecule has 17 heavy (non-hydrogen) atoms. The standard InChI is InChI=1S/C14H19BrN2/c1-2-16-9-5-6-10-17-11-13(15)12-7-3-4-8-14(12)17/h3-4,7-8,11,16H,2,5-6,9-10H2,1H3. The first-order chi connectivity index (χ1) is 8.33. The van der Waals surface area contributed by atoms with E-state index in [1.54, 1.807) is 0 Å². The second-order valence-electron chi connectivity index (χ2n) is 4.25. The summed E-state index contributed by atoms with van der Waals surface area (Å²) in [7, 11) is 0. The first kappa shape index (κ1) is 12.7. The zero-order chi connectivity index (χ0) is 12.1. The molecule has 2 rings (SSSR count). The molecule has 0 aliphatic carbocycles. The van der Waals surface area contributed by atoms with Crippen molar-refractivity contribution in [3.63, 3.8) is 0 Å². The molecule has 1 aromatic heterocycles. The summed E-state index contributed by atoms with van der Waals surface area (Å²) in [6.45, 7) is 5.43. The van der Waals surface area contributed by atoms with E-state index in [1.165, 1.54) is 28.2 Å². The fourth-order valence-electron chi connectivity index (χ4n) is 2.10. The zero-order valence-electron chi connectivity index (χ0n) is 10.2. The lowest BCUT2D eigenvalue weighted by Gasteiger charge is -2.05. The largest absolute Gasteiger partial charge is 0.346 e. The van der Waals surface area contributed by atoms with Gasteiger partial charge in [0, 0.05) is 28.1 Å². The Morgan fingerprint density at radius 2 is 2.06 bits per heavy atom. The Kier molecular flexibility index (Phi) is 4.63. The highest BCUT2D eigenvalue weighted by Crippen LogP contribution is 2.26. The quantitative estimate of drug-likeness (QED) is 0.802. The molecule has 92 valence electrons. The smallest absolute Gasteiger partial charge is 0.0492 e. The van der Waals surface area contributed by atoms with Crippen LogP contribution < -0.4 is 5.32 Å². The second-order valence-corrected chi connectivity index (χ2v) is 5.10. The van der Waals surface area contributed by atoms with Crippen LogP contribution in [-0.2, 0) is 6.54 Å². The van der Waals surface area contributed by atoms with Crippen LogP contribution in [-0.4, -0.2) is 17.7 Å². The third-order valence-electron chi connectivity index (χ3n) is 2.99. The van der Waals surface area contributed by atoms with E-state index in [2.05, 4.69) is 63.2 Å². The van der Waals surface area contributed by atoms with Crippen LogP contribution in [0.4, 0.5) is 0 Å². The van der Waals surface area contributed by atoms with Crippen molar-refractivity contribution < 1.29 is 0 Å². The summed E-state index contributed by atoms with van der Waals surface area (Å²) >= 11 is 3.62. The molecule has 0 amide bonds. The molecular weight excluding hydrogens is 276 g/mol. The monoisotopic (exact) mass is 294 g/mol. The van der Waals surface area contributed by atoms with Crippen molar-refractivity contribution in [1.82, 2.24) is 9.88 Å². The van der Waals surface area contributed by atoms with Crippen LogP contribution in [0.15, 0.2) is 34.9 Å². The fraction of sp³-hybridized carbons (Fsp3) is 0.429. The summed E-state index contributed by atoms with van der Waals surface area (Å²) in [5, 5.41) is 4.66. The minimum Gasteiger partial charge on any atom is -0.346 e. The average molecular weight is 295 g/mol. The van der Waals surface area contributed by atoms with E-state index in [-0.39, 0.29) is 0 Å². The van der Waals surface area contributed by atoms with Crippen molar-refractivity contribution in [2.45, 2.75) is 26.3 Å². The number of nitrogens with one attached hydrogen (secondary N) is 1. The van der Waals surface area contributed by atoms with E-state index < -0.39 is 0 Å². The molecule has 0 atom stereocenters. The van der Waals surface area contributed by atoms with Gasteiger partial charge in [-0.3, -0.25) is 0 Å². The molecule has 0 saturated heterocycles. The van der Waals surface area contributed by atoms with Crippen LogP contribution in [0.3, 0.4) is 0 Å². The number of hydrogen-bond acceptors (Lipinski definition) is 1. The van der Waals surface area contributed by atoms with E-state index >= 15 is 0 Å². The number of benzene rings is 1. The van der Waals surface area contributed by atoms with Crippen molar-refractivity contribution in [3.05, 3.63) is 34.9 Å². The number of nitrogens with zero attached hydrogens (tertiary/aromatic N) is 1. The summed E-state index contributed by atoms with van der Waals surface area (Å²) in [5.74, 6) is 0. The summed E-state index contributed by atoms with van der Waals surface area (Å²) < 4.78 is 3.53. The molecule has 1 heterocycles. The molecule has 1 aromatic carbocycles. The highest BCUT2D eigenvalue weighted by Gasteiger charge is 2.04. The van der Waals surface area contributed by atoms with Gasteiger partial charge in [0.25, 0.3) is 0 Å². The minimum absolute atomic E-state index is 1.07. The summed E-state index contributed by atoms with van der Waals surface area (Å²) in [6, 6.07) is 8.53. The molecular formula is C14H19BrN2. The van der Waals surface area contributed by atoms with Gasteiger partial charge in [0.1, 0.15) is 0 Å². The van der Waals surface area contributed by atoms with E-state index in [0.717, 1.165) is 19.6 Å². The summed E-state index contributed by atoms with van der Waals surface area (Å²) in [5.41, 5.74) is 1.32. The highest BCUT2D eigenvalue weighted by molar-refractivity contribution is 9.10. The van der Waals surface area contributed by atoms with Gasteiger partial charge in [-0.2, -0.15) is 0 Å². The molecule has 0 bridgehead atoms. The lowest BCUT2D eigenvalue weighted by Crippen LogP contribution is -2.14. The van der Waals surface area contributed by atoms with Gasteiger partial charge >= 0.3 is 0 Å². The van der Waals surface area contributed by atoms with Gasteiger partial charge in [-0.25, -0.2) is 0 Å². The minimum atomic E-state index is 1.07. The van der Waals surface area contributed by atoms with Gasteiger partial charge in [-0.15, -0.1) is 0 Å².